The van der Waals surface area contributed by atoms with Gasteiger partial charge in [-0.25, -0.2) is 0 Å². The summed E-state index contributed by atoms with van der Waals surface area (Å²) in [6.07, 6.45) is 0.839. The van der Waals surface area contributed by atoms with E-state index >= 15 is 0 Å². The van der Waals surface area contributed by atoms with E-state index in [1.807, 2.05) is 48.5 Å². The summed E-state index contributed by atoms with van der Waals surface area (Å²) in [5.74, 6) is 0.750. The number of hydrazine groups is 1. The number of rotatable bonds is 5. The van der Waals surface area contributed by atoms with E-state index in [2.05, 4.69) is 21.5 Å². The van der Waals surface area contributed by atoms with Gasteiger partial charge in [-0.2, -0.15) is 0 Å². The molecule has 132 valence electrons. The number of nitrogens with one attached hydrogen (secondary N) is 4. The third kappa shape index (κ3) is 7.13. The van der Waals surface area contributed by atoms with E-state index in [0.717, 1.165) is 22.9 Å². The van der Waals surface area contributed by atoms with E-state index in [0.29, 0.717) is 16.8 Å². The molecule has 0 aliphatic rings. The van der Waals surface area contributed by atoms with Gasteiger partial charge >= 0.3 is 0 Å². The highest BCUT2D eigenvalue weighted by Gasteiger charge is 2.01. The minimum absolute atomic E-state index is 0.398. The number of halogens is 1. The Hall–Kier alpha value is -2.09. The molecule has 0 atom stereocenters. The standard InChI is InChI=1S/C17H19ClN4OS2/c1-23-15-4-2-3-14(11-15)20-17(25)22-21-16(24)19-10-9-12-5-7-13(18)8-6-12/h2-8,11H,9-10H2,1H3,(H2,19,21,24)(H2,20,22,25). The molecule has 0 unspecified atom stereocenters. The lowest BCUT2D eigenvalue weighted by Gasteiger charge is -2.14. The molecule has 0 fully saturated rings. The molecule has 0 saturated heterocycles. The zero-order valence-corrected chi connectivity index (χ0v) is 16.0. The zero-order chi connectivity index (χ0) is 18.1. The Bertz CT molecular complexity index is 725. The monoisotopic (exact) mass is 394 g/mol. The Morgan fingerprint density at radius 2 is 1.76 bits per heavy atom. The van der Waals surface area contributed by atoms with Gasteiger partial charge in [0, 0.05) is 23.3 Å². The molecule has 5 nitrogen and oxygen atoms in total. The maximum atomic E-state index is 5.86. The van der Waals surface area contributed by atoms with Crippen molar-refractivity contribution in [1.29, 1.82) is 0 Å². The van der Waals surface area contributed by atoms with E-state index < -0.39 is 0 Å². The van der Waals surface area contributed by atoms with Gasteiger partial charge in [0.1, 0.15) is 5.75 Å². The number of hydrogen-bond donors (Lipinski definition) is 4. The molecule has 0 spiro atoms. The van der Waals surface area contributed by atoms with E-state index in [9.17, 15) is 0 Å². The summed E-state index contributed by atoms with van der Waals surface area (Å²) in [6.45, 7) is 0.700. The second-order valence-corrected chi connectivity index (χ2v) is 6.32. The molecule has 25 heavy (non-hydrogen) atoms. The van der Waals surface area contributed by atoms with Crippen LogP contribution < -0.4 is 26.2 Å². The molecule has 0 aliphatic heterocycles. The van der Waals surface area contributed by atoms with Crippen LogP contribution in [0.1, 0.15) is 5.56 Å². The summed E-state index contributed by atoms with van der Waals surface area (Å²) >= 11 is 16.3. The molecule has 0 heterocycles. The molecule has 0 aromatic heterocycles. The zero-order valence-electron chi connectivity index (χ0n) is 13.6. The molecule has 8 heteroatoms. The lowest BCUT2D eigenvalue weighted by atomic mass is 10.1. The number of benzene rings is 2. The fourth-order valence-corrected chi connectivity index (χ4v) is 2.44. The highest BCUT2D eigenvalue weighted by molar-refractivity contribution is 7.80. The second kappa shape index (κ2) is 10.0. The molecule has 0 saturated carbocycles. The van der Waals surface area contributed by atoms with Crippen molar-refractivity contribution in [2.24, 2.45) is 0 Å². The quantitative estimate of drug-likeness (QED) is 0.458. The third-order valence-electron chi connectivity index (χ3n) is 3.23. The number of anilines is 1. The molecular formula is C17H19ClN4OS2. The fraction of sp³-hybridized carbons (Fsp3) is 0.176. The van der Waals surface area contributed by atoms with Crippen LogP contribution in [0.25, 0.3) is 0 Å². The molecule has 0 bridgehead atoms. The summed E-state index contributed by atoms with van der Waals surface area (Å²) in [5, 5.41) is 7.73. The van der Waals surface area contributed by atoms with E-state index in [4.69, 9.17) is 40.8 Å². The molecule has 2 aromatic carbocycles. The first-order valence-corrected chi connectivity index (χ1v) is 8.75. The highest BCUT2D eigenvalue weighted by atomic mass is 35.5. The van der Waals surface area contributed by atoms with Crippen molar-refractivity contribution >= 4 is 51.9 Å². The van der Waals surface area contributed by atoms with E-state index in [1.165, 1.54) is 5.56 Å². The third-order valence-corrected chi connectivity index (χ3v) is 3.93. The molecule has 0 amide bonds. The van der Waals surface area contributed by atoms with Crippen molar-refractivity contribution in [2.75, 3.05) is 19.0 Å². The SMILES string of the molecule is COc1cccc(NC(=S)NNC(=S)NCCc2ccc(Cl)cc2)c1. The Balaban J connectivity index is 1.66. The first kappa shape index (κ1) is 19.2. The first-order valence-electron chi connectivity index (χ1n) is 7.56. The number of ether oxygens (including phenoxy) is 1. The molecule has 0 aliphatic carbocycles. The smallest absolute Gasteiger partial charge is 0.189 e. The average Bonchev–Trinajstić information content (AvgIpc) is 2.62. The van der Waals surface area contributed by atoms with E-state index in [1.54, 1.807) is 7.11 Å². The van der Waals surface area contributed by atoms with Crippen molar-refractivity contribution in [3.05, 3.63) is 59.1 Å². The van der Waals surface area contributed by atoms with Crippen LogP contribution in [-0.2, 0) is 6.42 Å². The first-order chi connectivity index (χ1) is 12.1. The maximum absolute atomic E-state index is 5.86. The molecule has 2 aromatic rings. The van der Waals surface area contributed by atoms with Gasteiger partial charge in [-0.05, 0) is 60.7 Å². The van der Waals surface area contributed by atoms with Crippen LogP contribution in [0, 0.1) is 0 Å². The average molecular weight is 395 g/mol. The normalized spacial score (nSPS) is 9.84. The Morgan fingerprint density at radius 1 is 1.04 bits per heavy atom. The Labute approximate surface area is 163 Å². The highest BCUT2D eigenvalue weighted by Crippen LogP contribution is 2.16. The van der Waals surface area contributed by atoms with Gasteiger partial charge in [0.15, 0.2) is 10.2 Å². The van der Waals surface area contributed by atoms with Crippen molar-refractivity contribution < 1.29 is 4.74 Å². The van der Waals surface area contributed by atoms with Gasteiger partial charge in [-0.15, -0.1) is 0 Å². The summed E-state index contributed by atoms with van der Waals surface area (Å²) in [6, 6.07) is 15.2. The minimum Gasteiger partial charge on any atom is -0.497 e. The van der Waals surface area contributed by atoms with E-state index in [-0.39, 0.29) is 0 Å². The van der Waals surface area contributed by atoms with Gasteiger partial charge in [0.2, 0.25) is 0 Å². The van der Waals surface area contributed by atoms with Crippen LogP contribution >= 0.6 is 36.0 Å². The van der Waals surface area contributed by atoms with Crippen molar-refractivity contribution in [2.45, 2.75) is 6.42 Å². The van der Waals surface area contributed by atoms with Crippen LogP contribution in [0.15, 0.2) is 48.5 Å². The molecular weight excluding hydrogens is 376 g/mol. The predicted molar refractivity (Wildman–Crippen MR) is 111 cm³/mol. The lowest BCUT2D eigenvalue weighted by Crippen LogP contribution is -2.48. The van der Waals surface area contributed by atoms with Gasteiger partial charge in [0.25, 0.3) is 0 Å². The van der Waals surface area contributed by atoms with Crippen LogP contribution in [-0.4, -0.2) is 23.9 Å². The number of thiocarbonyl (C=S) groups is 2. The maximum Gasteiger partial charge on any atom is 0.189 e. The van der Waals surface area contributed by atoms with Crippen molar-refractivity contribution in [3.8, 4) is 5.75 Å². The van der Waals surface area contributed by atoms with Gasteiger partial charge in [-0.1, -0.05) is 29.8 Å². The fourth-order valence-electron chi connectivity index (χ4n) is 1.99. The molecule has 0 radical (unpaired) electrons. The van der Waals surface area contributed by atoms with Gasteiger partial charge < -0.3 is 15.4 Å². The van der Waals surface area contributed by atoms with Gasteiger partial charge in [-0.3, -0.25) is 10.9 Å². The van der Waals surface area contributed by atoms with Crippen LogP contribution in [0.2, 0.25) is 5.02 Å². The summed E-state index contributed by atoms with van der Waals surface area (Å²) < 4.78 is 5.16. The second-order valence-electron chi connectivity index (χ2n) is 5.07. The van der Waals surface area contributed by atoms with Crippen molar-refractivity contribution in [1.82, 2.24) is 16.2 Å². The van der Waals surface area contributed by atoms with Crippen LogP contribution in [0.3, 0.4) is 0 Å². The summed E-state index contributed by atoms with van der Waals surface area (Å²) in [4.78, 5) is 0. The number of methoxy groups -OCH3 is 1. The topological polar surface area (TPSA) is 57.4 Å². The predicted octanol–water partition coefficient (Wildman–Crippen LogP) is 3.26. The molecule has 2 rings (SSSR count). The number of hydrogen-bond acceptors (Lipinski definition) is 3. The summed E-state index contributed by atoms with van der Waals surface area (Å²) in [7, 11) is 1.62. The summed E-state index contributed by atoms with van der Waals surface area (Å²) in [5.41, 5.74) is 7.68. The van der Waals surface area contributed by atoms with Crippen molar-refractivity contribution in [3.63, 3.8) is 0 Å². The van der Waals surface area contributed by atoms with Gasteiger partial charge in [0.05, 0.1) is 7.11 Å². The lowest BCUT2D eigenvalue weighted by molar-refractivity contribution is 0.415. The largest absolute Gasteiger partial charge is 0.497 e. The van der Waals surface area contributed by atoms with Crippen LogP contribution in [0.4, 0.5) is 5.69 Å². The molecule has 4 N–H and O–H groups in total. The Kier molecular flexibility index (Phi) is 7.72. The Morgan fingerprint density at radius 3 is 2.48 bits per heavy atom. The minimum atomic E-state index is 0.398. The van der Waals surface area contributed by atoms with Crippen LogP contribution in [0.5, 0.6) is 5.75 Å².